The molecule has 1 saturated carbocycles. The maximum Gasteiger partial charge on any atom is 0.251 e. The molecule has 1 aromatic rings. The highest BCUT2D eigenvalue weighted by Gasteiger charge is 2.25. The van der Waals surface area contributed by atoms with Crippen LogP contribution in [0.1, 0.15) is 29.6 Å². The first-order chi connectivity index (χ1) is 8.70. The van der Waals surface area contributed by atoms with Crippen molar-refractivity contribution in [1.29, 1.82) is 0 Å². The summed E-state index contributed by atoms with van der Waals surface area (Å²) in [5.41, 5.74) is 0.585. The summed E-state index contributed by atoms with van der Waals surface area (Å²) >= 11 is 0. The Morgan fingerprint density at radius 1 is 1.50 bits per heavy atom. The highest BCUT2D eigenvalue weighted by molar-refractivity contribution is 5.94. The highest BCUT2D eigenvalue weighted by Crippen LogP contribution is 2.24. The van der Waals surface area contributed by atoms with E-state index in [0.717, 1.165) is 19.3 Å². The Morgan fingerprint density at radius 3 is 3.00 bits per heavy atom. The van der Waals surface area contributed by atoms with Gasteiger partial charge in [0.1, 0.15) is 5.75 Å². The summed E-state index contributed by atoms with van der Waals surface area (Å²) in [6.07, 6.45) is 2.61. The van der Waals surface area contributed by atoms with Gasteiger partial charge in [-0.2, -0.15) is 0 Å². The number of aliphatic hydroxyl groups is 1. The number of ether oxygens (including phenoxy) is 1. The van der Waals surface area contributed by atoms with Crippen LogP contribution < -0.4 is 10.1 Å². The van der Waals surface area contributed by atoms with Crippen LogP contribution in [0, 0.1) is 5.92 Å². The number of benzene rings is 1. The van der Waals surface area contributed by atoms with Crippen molar-refractivity contribution >= 4 is 5.91 Å². The zero-order valence-electron chi connectivity index (χ0n) is 10.6. The normalized spacial score (nSPS) is 22.8. The van der Waals surface area contributed by atoms with Gasteiger partial charge in [-0.05, 0) is 31.0 Å². The first-order valence-corrected chi connectivity index (χ1v) is 6.31. The Labute approximate surface area is 107 Å². The summed E-state index contributed by atoms with van der Waals surface area (Å²) in [5, 5.41) is 12.6. The molecule has 1 aliphatic rings. The number of rotatable bonds is 4. The molecule has 1 aliphatic carbocycles. The SMILES string of the molecule is COc1cccc(C(=O)NCC2CCCC2O)c1. The van der Waals surface area contributed by atoms with Crippen LogP contribution in [0.3, 0.4) is 0 Å². The number of nitrogens with one attached hydrogen (secondary N) is 1. The monoisotopic (exact) mass is 249 g/mol. The molecule has 0 heterocycles. The van der Waals surface area contributed by atoms with E-state index in [-0.39, 0.29) is 17.9 Å². The second-order valence-electron chi connectivity index (χ2n) is 4.70. The van der Waals surface area contributed by atoms with Gasteiger partial charge in [-0.3, -0.25) is 4.79 Å². The van der Waals surface area contributed by atoms with E-state index >= 15 is 0 Å². The van der Waals surface area contributed by atoms with Crippen molar-refractivity contribution in [2.75, 3.05) is 13.7 Å². The van der Waals surface area contributed by atoms with Crippen LogP contribution in [-0.4, -0.2) is 30.8 Å². The van der Waals surface area contributed by atoms with Gasteiger partial charge in [-0.1, -0.05) is 12.5 Å². The quantitative estimate of drug-likeness (QED) is 0.852. The van der Waals surface area contributed by atoms with Crippen molar-refractivity contribution in [2.45, 2.75) is 25.4 Å². The lowest BCUT2D eigenvalue weighted by Crippen LogP contribution is -2.32. The fraction of sp³-hybridized carbons (Fsp3) is 0.500. The molecule has 2 unspecified atom stereocenters. The van der Waals surface area contributed by atoms with Crippen LogP contribution in [0.25, 0.3) is 0 Å². The van der Waals surface area contributed by atoms with E-state index in [1.165, 1.54) is 0 Å². The largest absolute Gasteiger partial charge is 0.497 e. The fourth-order valence-electron chi connectivity index (χ4n) is 2.35. The molecule has 1 amide bonds. The number of hydrogen-bond donors (Lipinski definition) is 2. The summed E-state index contributed by atoms with van der Waals surface area (Å²) in [4.78, 5) is 11.9. The zero-order valence-corrected chi connectivity index (χ0v) is 10.6. The van der Waals surface area contributed by atoms with Crippen molar-refractivity contribution in [1.82, 2.24) is 5.32 Å². The number of carbonyl (C=O) groups is 1. The third kappa shape index (κ3) is 3.01. The first-order valence-electron chi connectivity index (χ1n) is 6.31. The van der Waals surface area contributed by atoms with E-state index in [1.54, 1.807) is 31.4 Å². The average molecular weight is 249 g/mol. The van der Waals surface area contributed by atoms with Crippen molar-refractivity contribution in [3.05, 3.63) is 29.8 Å². The number of aliphatic hydroxyl groups excluding tert-OH is 1. The van der Waals surface area contributed by atoms with Crippen LogP contribution in [0.15, 0.2) is 24.3 Å². The molecule has 0 spiro atoms. The fourth-order valence-corrected chi connectivity index (χ4v) is 2.35. The summed E-state index contributed by atoms with van der Waals surface area (Å²) in [5.74, 6) is 0.746. The number of carbonyl (C=O) groups excluding carboxylic acids is 1. The van der Waals surface area contributed by atoms with Gasteiger partial charge in [-0.25, -0.2) is 0 Å². The van der Waals surface area contributed by atoms with Gasteiger partial charge in [0.2, 0.25) is 0 Å². The van der Waals surface area contributed by atoms with E-state index in [2.05, 4.69) is 5.32 Å². The summed E-state index contributed by atoms with van der Waals surface area (Å²) in [7, 11) is 1.58. The van der Waals surface area contributed by atoms with Crippen LogP contribution >= 0.6 is 0 Å². The molecule has 2 rings (SSSR count). The Hall–Kier alpha value is -1.55. The van der Waals surface area contributed by atoms with E-state index in [4.69, 9.17) is 4.74 Å². The second-order valence-corrected chi connectivity index (χ2v) is 4.70. The summed E-state index contributed by atoms with van der Waals surface area (Å²) < 4.78 is 5.08. The lowest BCUT2D eigenvalue weighted by Gasteiger charge is -2.15. The third-order valence-electron chi connectivity index (χ3n) is 3.48. The third-order valence-corrected chi connectivity index (χ3v) is 3.48. The maximum absolute atomic E-state index is 11.9. The van der Waals surface area contributed by atoms with E-state index in [0.29, 0.717) is 17.9 Å². The molecule has 98 valence electrons. The standard InChI is InChI=1S/C14H19NO3/c1-18-12-6-2-4-10(8-12)14(17)15-9-11-5-3-7-13(11)16/h2,4,6,8,11,13,16H,3,5,7,9H2,1H3,(H,15,17). The predicted molar refractivity (Wildman–Crippen MR) is 68.7 cm³/mol. The molecule has 0 aliphatic heterocycles. The molecular weight excluding hydrogens is 230 g/mol. The smallest absolute Gasteiger partial charge is 0.251 e. The lowest BCUT2D eigenvalue weighted by molar-refractivity contribution is 0.0916. The molecule has 4 nitrogen and oxygen atoms in total. The molecule has 0 saturated heterocycles. The summed E-state index contributed by atoms with van der Waals surface area (Å²) in [6.45, 7) is 0.539. The Balaban J connectivity index is 1.90. The minimum Gasteiger partial charge on any atom is -0.497 e. The molecular formula is C14H19NO3. The van der Waals surface area contributed by atoms with E-state index in [9.17, 15) is 9.90 Å². The molecule has 4 heteroatoms. The number of hydrogen-bond acceptors (Lipinski definition) is 3. The van der Waals surface area contributed by atoms with E-state index < -0.39 is 0 Å². The van der Waals surface area contributed by atoms with Gasteiger partial charge >= 0.3 is 0 Å². The number of methoxy groups -OCH3 is 1. The summed E-state index contributed by atoms with van der Waals surface area (Å²) in [6, 6.07) is 7.05. The molecule has 0 bridgehead atoms. The molecule has 0 radical (unpaired) electrons. The van der Waals surface area contributed by atoms with Gasteiger partial charge < -0.3 is 15.2 Å². The topological polar surface area (TPSA) is 58.6 Å². The molecule has 0 aromatic heterocycles. The van der Waals surface area contributed by atoms with Gasteiger partial charge in [0.25, 0.3) is 5.91 Å². The van der Waals surface area contributed by atoms with Crippen LogP contribution in [0.4, 0.5) is 0 Å². The average Bonchev–Trinajstić information content (AvgIpc) is 2.81. The minimum absolute atomic E-state index is 0.118. The number of amides is 1. The van der Waals surface area contributed by atoms with Crippen molar-refractivity contribution in [3.8, 4) is 5.75 Å². The van der Waals surface area contributed by atoms with Crippen LogP contribution in [0.5, 0.6) is 5.75 Å². The van der Waals surface area contributed by atoms with E-state index in [1.807, 2.05) is 0 Å². The first kappa shape index (κ1) is 12.9. The maximum atomic E-state index is 11.9. The second kappa shape index (κ2) is 5.87. The molecule has 2 N–H and O–H groups in total. The van der Waals surface area contributed by atoms with Crippen molar-refractivity contribution in [2.24, 2.45) is 5.92 Å². The van der Waals surface area contributed by atoms with Gasteiger partial charge in [0.15, 0.2) is 0 Å². The van der Waals surface area contributed by atoms with Gasteiger partial charge in [0, 0.05) is 18.0 Å². The lowest BCUT2D eigenvalue weighted by atomic mass is 10.1. The molecule has 1 aromatic carbocycles. The van der Waals surface area contributed by atoms with Gasteiger partial charge in [0.05, 0.1) is 13.2 Å². The minimum atomic E-state index is -0.268. The Bertz CT molecular complexity index is 419. The Morgan fingerprint density at radius 2 is 2.33 bits per heavy atom. The zero-order chi connectivity index (χ0) is 13.0. The Kier molecular flexibility index (Phi) is 4.20. The van der Waals surface area contributed by atoms with Crippen LogP contribution in [0.2, 0.25) is 0 Å². The van der Waals surface area contributed by atoms with Crippen molar-refractivity contribution in [3.63, 3.8) is 0 Å². The molecule has 1 fully saturated rings. The highest BCUT2D eigenvalue weighted by atomic mass is 16.5. The molecule has 2 atom stereocenters. The predicted octanol–water partition coefficient (Wildman–Crippen LogP) is 1.59. The van der Waals surface area contributed by atoms with Gasteiger partial charge in [-0.15, -0.1) is 0 Å². The molecule has 18 heavy (non-hydrogen) atoms. The van der Waals surface area contributed by atoms with Crippen molar-refractivity contribution < 1.29 is 14.6 Å². The van der Waals surface area contributed by atoms with Crippen LogP contribution in [-0.2, 0) is 0 Å².